The molecule has 4 N–H and O–H groups in total. The summed E-state index contributed by atoms with van der Waals surface area (Å²) in [7, 11) is 3.75. The van der Waals surface area contributed by atoms with Gasteiger partial charge in [-0.15, -0.1) is 10.2 Å². The number of primary amides is 1. The fourth-order valence-corrected chi connectivity index (χ4v) is 6.21. The van der Waals surface area contributed by atoms with Gasteiger partial charge < -0.3 is 25.7 Å². The van der Waals surface area contributed by atoms with Gasteiger partial charge in [-0.3, -0.25) is 14.5 Å². The third kappa shape index (κ3) is 9.35. The van der Waals surface area contributed by atoms with Crippen molar-refractivity contribution in [1.82, 2.24) is 30.5 Å². The van der Waals surface area contributed by atoms with Gasteiger partial charge >= 0.3 is 6.09 Å². The van der Waals surface area contributed by atoms with Crippen LogP contribution in [0.1, 0.15) is 52.0 Å². The second-order valence-corrected chi connectivity index (χ2v) is 14.2. The SMILES string of the molecule is CN(C)c1ncc(-c2cccc(C[C@@H](C(N)=O)N(c3ccc(-c4nnc(Cl)[nH]4)cc3)C(=O)[C@H]3CC[C@H](CNC(=O)OC(C)(C)C)CC3)c2)cn1. The molecule has 13 nitrogen and oxygen atoms in total. The number of amides is 3. The molecule has 0 spiro atoms. The van der Waals surface area contributed by atoms with Crippen molar-refractivity contribution in [2.75, 3.05) is 30.4 Å². The molecule has 0 radical (unpaired) electrons. The van der Waals surface area contributed by atoms with E-state index in [1.807, 2.05) is 64.0 Å². The number of nitrogens with zero attached hydrogens (tertiary/aromatic N) is 6. The van der Waals surface area contributed by atoms with Crippen LogP contribution in [-0.2, 0) is 20.7 Å². The predicted molar refractivity (Wildman–Crippen MR) is 192 cm³/mol. The Labute approximate surface area is 297 Å². The zero-order chi connectivity index (χ0) is 36.0. The summed E-state index contributed by atoms with van der Waals surface area (Å²) in [6.07, 6.45) is 5.94. The van der Waals surface area contributed by atoms with Crippen molar-refractivity contribution < 1.29 is 19.1 Å². The van der Waals surface area contributed by atoms with Gasteiger partial charge in [-0.05, 0) is 99.4 Å². The van der Waals surface area contributed by atoms with Crippen LogP contribution < -0.4 is 20.9 Å². The number of ether oxygens (including phenoxy) is 1. The molecule has 1 atom stereocenters. The largest absolute Gasteiger partial charge is 0.444 e. The molecule has 2 heterocycles. The Bertz CT molecular complexity index is 1780. The van der Waals surface area contributed by atoms with E-state index in [2.05, 4.69) is 30.5 Å². The summed E-state index contributed by atoms with van der Waals surface area (Å²) in [6, 6.07) is 13.9. The van der Waals surface area contributed by atoms with Crippen molar-refractivity contribution in [3.63, 3.8) is 0 Å². The number of halogens is 1. The van der Waals surface area contributed by atoms with Crippen molar-refractivity contribution in [2.45, 2.75) is 64.5 Å². The number of hydrogen-bond donors (Lipinski definition) is 3. The molecule has 0 aliphatic heterocycles. The lowest BCUT2D eigenvalue weighted by Crippen LogP contribution is -2.52. The van der Waals surface area contributed by atoms with Gasteiger partial charge in [0, 0.05) is 62.2 Å². The predicted octanol–water partition coefficient (Wildman–Crippen LogP) is 5.41. The minimum Gasteiger partial charge on any atom is -0.444 e. The normalized spacial score (nSPS) is 16.7. The first-order valence-corrected chi connectivity index (χ1v) is 17.0. The molecular formula is C36H44ClN9O4. The van der Waals surface area contributed by atoms with Gasteiger partial charge in [0.05, 0.1) is 0 Å². The summed E-state index contributed by atoms with van der Waals surface area (Å²) in [5.74, 6) is 0.150. The van der Waals surface area contributed by atoms with E-state index >= 15 is 0 Å². The van der Waals surface area contributed by atoms with Crippen LogP contribution in [0.4, 0.5) is 16.4 Å². The van der Waals surface area contributed by atoms with Gasteiger partial charge in [0.15, 0.2) is 5.82 Å². The van der Waals surface area contributed by atoms with Crippen molar-refractivity contribution in [2.24, 2.45) is 17.6 Å². The maximum absolute atomic E-state index is 14.5. The first-order chi connectivity index (χ1) is 23.8. The topological polar surface area (TPSA) is 172 Å². The average Bonchev–Trinajstić information content (AvgIpc) is 3.53. The molecule has 1 saturated carbocycles. The Morgan fingerprint density at radius 2 is 1.66 bits per heavy atom. The Morgan fingerprint density at radius 1 is 0.980 bits per heavy atom. The zero-order valence-corrected chi connectivity index (χ0v) is 29.8. The van der Waals surface area contributed by atoms with E-state index in [1.54, 1.807) is 41.6 Å². The molecule has 264 valence electrons. The van der Waals surface area contributed by atoms with Crippen LogP contribution in [0.5, 0.6) is 0 Å². The van der Waals surface area contributed by atoms with E-state index in [-0.39, 0.29) is 29.4 Å². The summed E-state index contributed by atoms with van der Waals surface area (Å²) in [4.78, 5) is 55.0. The standard InChI is InChI=1S/C36H44ClN9O4/c1-36(2,3)50-35(49)41-19-22-9-11-25(12-10-22)32(48)46(28-15-13-24(14-16-28)31-42-33(37)44-43-31)29(30(38)47)18-23-7-6-8-26(17-23)27-20-39-34(40-21-27)45(4)5/h6-8,13-17,20-22,25,29H,9-12,18-19H2,1-5H3,(H2,38,47)(H,41,49)(H,42,43,44)/t22-,25-,29-/m0/s1. The number of nitrogens with two attached hydrogens (primary N) is 1. The second kappa shape index (κ2) is 15.7. The van der Waals surface area contributed by atoms with Gasteiger partial charge in [0.2, 0.25) is 23.0 Å². The Kier molecular flexibility index (Phi) is 11.4. The first kappa shape index (κ1) is 36.2. The second-order valence-electron chi connectivity index (χ2n) is 13.8. The maximum Gasteiger partial charge on any atom is 0.407 e. The van der Waals surface area contributed by atoms with Gasteiger partial charge in [-0.2, -0.15) is 0 Å². The van der Waals surface area contributed by atoms with Gasteiger partial charge in [-0.25, -0.2) is 14.8 Å². The third-order valence-electron chi connectivity index (χ3n) is 8.61. The Morgan fingerprint density at radius 3 is 2.24 bits per heavy atom. The molecule has 1 aliphatic carbocycles. The molecule has 14 heteroatoms. The molecule has 5 rings (SSSR count). The third-order valence-corrected chi connectivity index (χ3v) is 8.78. The summed E-state index contributed by atoms with van der Waals surface area (Å²) in [5, 5.41) is 10.9. The molecule has 0 bridgehead atoms. The molecular weight excluding hydrogens is 658 g/mol. The molecule has 1 fully saturated rings. The van der Waals surface area contributed by atoms with Crippen molar-refractivity contribution in [3.05, 3.63) is 71.8 Å². The summed E-state index contributed by atoms with van der Waals surface area (Å²) >= 11 is 5.94. The monoisotopic (exact) mass is 701 g/mol. The quantitative estimate of drug-likeness (QED) is 0.185. The number of hydrogen-bond acceptors (Lipinski definition) is 9. The minimum atomic E-state index is -0.970. The molecule has 2 aromatic carbocycles. The van der Waals surface area contributed by atoms with Crippen LogP contribution in [0.2, 0.25) is 5.28 Å². The number of nitrogens with one attached hydrogen (secondary N) is 2. The number of alkyl carbamates (subject to hydrolysis) is 1. The number of aromatic nitrogens is 5. The summed E-state index contributed by atoms with van der Waals surface area (Å²) in [5.41, 5.74) is 9.28. The highest BCUT2D eigenvalue weighted by Crippen LogP contribution is 2.33. The summed E-state index contributed by atoms with van der Waals surface area (Å²) < 4.78 is 5.37. The number of benzene rings is 2. The lowest BCUT2D eigenvalue weighted by molar-refractivity contribution is -0.127. The smallest absolute Gasteiger partial charge is 0.407 e. The molecule has 3 amide bonds. The fourth-order valence-electron chi connectivity index (χ4n) is 6.09. The van der Waals surface area contributed by atoms with E-state index < -0.39 is 23.6 Å². The van der Waals surface area contributed by atoms with Gasteiger partial charge in [-0.1, -0.05) is 24.3 Å². The fraction of sp³-hybridized carbons (Fsp3) is 0.417. The lowest BCUT2D eigenvalue weighted by Gasteiger charge is -2.36. The van der Waals surface area contributed by atoms with Gasteiger partial charge in [0.1, 0.15) is 11.6 Å². The van der Waals surface area contributed by atoms with Crippen LogP contribution in [0, 0.1) is 11.8 Å². The molecule has 1 aliphatic rings. The van der Waals surface area contributed by atoms with Crippen molar-refractivity contribution >= 4 is 41.1 Å². The molecule has 0 saturated heterocycles. The van der Waals surface area contributed by atoms with E-state index in [4.69, 9.17) is 22.1 Å². The number of aromatic amines is 1. The first-order valence-electron chi connectivity index (χ1n) is 16.6. The highest BCUT2D eigenvalue weighted by atomic mass is 35.5. The average molecular weight is 702 g/mol. The van der Waals surface area contributed by atoms with Crippen LogP contribution >= 0.6 is 11.6 Å². The maximum atomic E-state index is 14.5. The van der Waals surface area contributed by atoms with E-state index in [1.165, 1.54) is 0 Å². The lowest BCUT2D eigenvalue weighted by atomic mass is 9.81. The van der Waals surface area contributed by atoms with Crippen LogP contribution in [-0.4, -0.2) is 75.3 Å². The van der Waals surface area contributed by atoms with E-state index in [0.29, 0.717) is 42.4 Å². The van der Waals surface area contributed by atoms with Crippen LogP contribution in [0.25, 0.3) is 22.5 Å². The van der Waals surface area contributed by atoms with Crippen LogP contribution in [0.15, 0.2) is 60.9 Å². The van der Waals surface area contributed by atoms with Crippen LogP contribution in [0.3, 0.4) is 0 Å². The van der Waals surface area contributed by atoms with Crippen molar-refractivity contribution in [3.8, 4) is 22.5 Å². The highest BCUT2D eigenvalue weighted by Gasteiger charge is 2.36. The van der Waals surface area contributed by atoms with E-state index in [9.17, 15) is 14.4 Å². The summed E-state index contributed by atoms with van der Waals surface area (Å²) in [6.45, 7) is 5.93. The zero-order valence-electron chi connectivity index (χ0n) is 29.0. The number of H-pyrrole nitrogens is 1. The molecule has 4 aromatic rings. The molecule has 0 unspecified atom stereocenters. The molecule has 50 heavy (non-hydrogen) atoms. The Balaban J connectivity index is 1.38. The Hall–Kier alpha value is -5.04. The van der Waals surface area contributed by atoms with Gasteiger partial charge in [0.25, 0.3) is 0 Å². The number of carbonyl (C=O) groups excluding carboxylic acids is 3. The number of anilines is 2. The van der Waals surface area contributed by atoms with E-state index in [0.717, 1.165) is 29.5 Å². The van der Waals surface area contributed by atoms with Crippen molar-refractivity contribution in [1.29, 1.82) is 0 Å². The number of rotatable bonds is 11. The highest BCUT2D eigenvalue weighted by molar-refractivity contribution is 6.28. The molecule has 2 aromatic heterocycles. The number of carbonyl (C=O) groups is 3. The minimum absolute atomic E-state index is 0.161.